The lowest BCUT2D eigenvalue weighted by atomic mass is 9.87. The fourth-order valence-corrected chi connectivity index (χ4v) is 3.74. The highest BCUT2D eigenvalue weighted by atomic mass is 16.5. The highest BCUT2D eigenvalue weighted by Gasteiger charge is 2.51. The first-order valence-corrected chi connectivity index (χ1v) is 8.66. The Kier molecular flexibility index (Phi) is 4.62. The molecule has 1 aromatic rings. The summed E-state index contributed by atoms with van der Waals surface area (Å²) in [6, 6.07) is 6.08. The summed E-state index contributed by atoms with van der Waals surface area (Å²) in [5.74, 6) is 1.38. The molecule has 4 heteroatoms. The summed E-state index contributed by atoms with van der Waals surface area (Å²) in [6.45, 7) is 2.69. The van der Waals surface area contributed by atoms with Crippen molar-refractivity contribution in [3.63, 3.8) is 0 Å². The quantitative estimate of drug-likeness (QED) is 0.878. The van der Waals surface area contributed by atoms with Gasteiger partial charge in [0.05, 0.1) is 18.6 Å². The van der Waals surface area contributed by atoms with Gasteiger partial charge in [-0.2, -0.15) is 0 Å². The van der Waals surface area contributed by atoms with Gasteiger partial charge in [0.15, 0.2) is 0 Å². The van der Waals surface area contributed by atoms with Crippen molar-refractivity contribution in [2.45, 2.75) is 57.0 Å². The van der Waals surface area contributed by atoms with Crippen LogP contribution < -0.4 is 10.1 Å². The monoisotopic (exact) mass is 317 g/mol. The minimum absolute atomic E-state index is 0.128. The first-order valence-electron chi connectivity index (χ1n) is 8.66. The van der Waals surface area contributed by atoms with Crippen LogP contribution >= 0.6 is 0 Å². The standard InChI is InChI=1S/C19H27NO3/c1-13-6-7-15(11-17(13)23-2)19(8-9-19)18(22)20-12-14-4-3-5-16(21)10-14/h6-7,11,14,16,21H,3-5,8-10,12H2,1-2H3,(H,20,22). The third kappa shape index (κ3) is 3.37. The predicted molar refractivity (Wildman–Crippen MR) is 89.6 cm³/mol. The Bertz CT molecular complexity index is 580. The average molecular weight is 317 g/mol. The van der Waals surface area contributed by atoms with Gasteiger partial charge in [0.2, 0.25) is 5.91 Å². The summed E-state index contributed by atoms with van der Waals surface area (Å²) in [7, 11) is 1.67. The lowest BCUT2D eigenvalue weighted by Crippen LogP contribution is -2.39. The van der Waals surface area contributed by atoms with Gasteiger partial charge in [-0.1, -0.05) is 18.6 Å². The maximum atomic E-state index is 12.7. The van der Waals surface area contributed by atoms with Crippen LogP contribution in [0.4, 0.5) is 0 Å². The molecule has 2 N–H and O–H groups in total. The van der Waals surface area contributed by atoms with Crippen molar-refractivity contribution in [1.29, 1.82) is 0 Å². The molecule has 2 aliphatic carbocycles. The minimum atomic E-state index is -0.367. The summed E-state index contributed by atoms with van der Waals surface area (Å²) in [4.78, 5) is 12.7. The first kappa shape index (κ1) is 16.3. The molecular formula is C19H27NO3. The zero-order chi connectivity index (χ0) is 16.4. The van der Waals surface area contributed by atoms with Crippen molar-refractivity contribution in [2.75, 3.05) is 13.7 Å². The summed E-state index contributed by atoms with van der Waals surface area (Å²) in [5, 5.41) is 12.9. The molecule has 0 spiro atoms. The smallest absolute Gasteiger partial charge is 0.230 e. The second kappa shape index (κ2) is 6.52. The first-order chi connectivity index (χ1) is 11.0. The molecule has 0 aromatic heterocycles. The Morgan fingerprint density at radius 1 is 1.39 bits per heavy atom. The SMILES string of the molecule is COc1cc(C2(C(=O)NCC3CCCC(O)C3)CC2)ccc1C. The fourth-order valence-electron chi connectivity index (χ4n) is 3.74. The van der Waals surface area contributed by atoms with Gasteiger partial charge in [-0.15, -0.1) is 0 Å². The number of benzene rings is 1. The maximum absolute atomic E-state index is 12.7. The molecule has 0 aliphatic heterocycles. The van der Waals surface area contributed by atoms with E-state index in [1.165, 1.54) is 0 Å². The van der Waals surface area contributed by atoms with Crippen LogP contribution in [-0.2, 0) is 10.2 Å². The number of amides is 1. The number of carbonyl (C=O) groups excluding carboxylic acids is 1. The van der Waals surface area contributed by atoms with E-state index in [9.17, 15) is 9.90 Å². The number of nitrogens with one attached hydrogen (secondary N) is 1. The van der Waals surface area contributed by atoms with E-state index in [2.05, 4.69) is 11.4 Å². The van der Waals surface area contributed by atoms with Crippen molar-refractivity contribution in [2.24, 2.45) is 5.92 Å². The molecule has 4 nitrogen and oxygen atoms in total. The van der Waals surface area contributed by atoms with Gasteiger partial charge in [-0.05, 0) is 62.1 Å². The second-order valence-electron chi connectivity index (χ2n) is 7.16. The molecule has 0 radical (unpaired) electrons. The van der Waals surface area contributed by atoms with Crippen molar-refractivity contribution < 1.29 is 14.6 Å². The van der Waals surface area contributed by atoms with E-state index in [0.717, 1.165) is 55.4 Å². The highest BCUT2D eigenvalue weighted by molar-refractivity contribution is 5.91. The molecule has 23 heavy (non-hydrogen) atoms. The topological polar surface area (TPSA) is 58.6 Å². The molecule has 0 bridgehead atoms. The molecule has 2 atom stereocenters. The second-order valence-corrected chi connectivity index (χ2v) is 7.16. The number of aliphatic hydroxyl groups excluding tert-OH is 1. The van der Waals surface area contributed by atoms with Crippen molar-refractivity contribution in [3.8, 4) is 5.75 Å². The Hall–Kier alpha value is -1.55. The molecule has 0 heterocycles. The molecule has 2 unspecified atom stereocenters. The van der Waals surface area contributed by atoms with Crippen molar-refractivity contribution >= 4 is 5.91 Å². The van der Waals surface area contributed by atoms with Gasteiger partial charge in [0, 0.05) is 6.54 Å². The Morgan fingerprint density at radius 2 is 2.17 bits per heavy atom. The van der Waals surface area contributed by atoms with E-state index in [1.54, 1.807) is 7.11 Å². The third-order valence-corrected chi connectivity index (χ3v) is 5.45. The van der Waals surface area contributed by atoms with Crippen LogP contribution in [0.1, 0.15) is 49.7 Å². The maximum Gasteiger partial charge on any atom is 0.230 e. The molecular weight excluding hydrogens is 290 g/mol. The van der Waals surface area contributed by atoms with Crippen molar-refractivity contribution in [3.05, 3.63) is 29.3 Å². The van der Waals surface area contributed by atoms with Crippen molar-refractivity contribution in [1.82, 2.24) is 5.32 Å². The summed E-state index contributed by atoms with van der Waals surface area (Å²) >= 11 is 0. The lowest BCUT2D eigenvalue weighted by Gasteiger charge is -2.27. The Labute approximate surface area is 138 Å². The minimum Gasteiger partial charge on any atom is -0.496 e. The summed E-state index contributed by atoms with van der Waals surface area (Å²) in [5.41, 5.74) is 1.78. The van der Waals surface area contributed by atoms with E-state index in [-0.39, 0.29) is 17.4 Å². The van der Waals surface area contributed by atoms with Crippen LogP contribution in [0.3, 0.4) is 0 Å². The molecule has 1 amide bonds. The highest BCUT2D eigenvalue weighted by Crippen LogP contribution is 2.49. The van der Waals surface area contributed by atoms with E-state index in [1.807, 2.05) is 19.1 Å². The number of rotatable bonds is 5. The van der Waals surface area contributed by atoms with E-state index in [0.29, 0.717) is 12.5 Å². The molecule has 0 saturated heterocycles. The number of hydrogen-bond acceptors (Lipinski definition) is 3. The van der Waals surface area contributed by atoms with Gasteiger partial charge in [-0.25, -0.2) is 0 Å². The van der Waals surface area contributed by atoms with Gasteiger partial charge in [0.25, 0.3) is 0 Å². The average Bonchev–Trinajstić information content (AvgIpc) is 3.35. The largest absolute Gasteiger partial charge is 0.496 e. The number of carbonyl (C=O) groups is 1. The van der Waals surface area contributed by atoms with E-state index >= 15 is 0 Å². The van der Waals surface area contributed by atoms with Crippen LogP contribution in [0.5, 0.6) is 5.75 Å². The number of aliphatic hydroxyl groups is 1. The lowest BCUT2D eigenvalue weighted by molar-refractivity contribution is -0.123. The van der Waals surface area contributed by atoms with Gasteiger partial charge < -0.3 is 15.2 Å². The summed E-state index contributed by atoms with van der Waals surface area (Å²) in [6.07, 6.45) is 5.48. The fraction of sp³-hybridized carbons (Fsp3) is 0.632. The van der Waals surface area contributed by atoms with E-state index in [4.69, 9.17) is 4.74 Å². The number of ether oxygens (including phenoxy) is 1. The zero-order valence-electron chi connectivity index (χ0n) is 14.1. The van der Waals surface area contributed by atoms with Crippen LogP contribution in [0.15, 0.2) is 18.2 Å². The normalized spacial score (nSPS) is 25.7. The number of aryl methyl sites for hydroxylation is 1. The predicted octanol–water partition coefficient (Wildman–Crippen LogP) is 2.70. The van der Waals surface area contributed by atoms with Crippen LogP contribution in [0.25, 0.3) is 0 Å². The van der Waals surface area contributed by atoms with Crippen LogP contribution in [0, 0.1) is 12.8 Å². The Balaban J connectivity index is 1.64. The van der Waals surface area contributed by atoms with E-state index < -0.39 is 0 Å². The number of methoxy groups -OCH3 is 1. The zero-order valence-corrected chi connectivity index (χ0v) is 14.1. The molecule has 2 saturated carbocycles. The molecule has 126 valence electrons. The van der Waals surface area contributed by atoms with Gasteiger partial charge in [0.1, 0.15) is 5.75 Å². The molecule has 1 aromatic carbocycles. The van der Waals surface area contributed by atoms with Crippen LogP contribution in [-0.4, -0.2) is 30.8 Å². The van der Waals surface area contributed by atoms with Crippen LogP contribution in [0.2, 0.25) is 0 Å². The summed E-state index contributed by atoms with van der Waals surface area (Å²) < 4.78 is 5.40. The third-order valence-electron chi connectivity index (χ3n) is 5.45. The molecule has 2 fully saturated rings. The molecule has 2 aliphatic rings. The van der Waals surface area contributed by atoms with Gasteiger partial charge in [-0.3, -0.25) is 4.79 Å². The number of hydrogen-bond donors (Lipinski definition) is 2. The molecule has 3 rings (SSSR count). The Morgan fingerprint density at radius 3 is 2.83 bits per heavy atom. The van der Waals surface area contributed by atoms with Gasteiger partial charge >= 0.3 is 0 Å².